The van der Waals surface area contributed by atoms with Crippen LogP contribution >= 0.6 is 0 Å². The topological polar surface area (TPSA) is 76.7 Å². The second-order valence-corrected chi connectivity index (χ2v) is 5.41. The number of hydrogen-bond donors (Lipinski definition) is 2. The molecule has 1 rings (SSSR count). The first-order chi connectivity index (χ1) is 9.03. The predicted octanol–water partition coefficient (Wildman–Crippen LogP) is 2.48. The summed E-state index contributed by atoms with van der Waals surface area (Å²) in [5.41, 5.74) is 2.56. The number of alkyl halides is 3. The van der Waals surface area contributed by atoms with E-state index in [1.54, 1.807) is 20.8 Å². The highest BCUT2D eigenvalue weighted by molar-refractivity contribution is 6.05. The molecular weight excluding hydrogens is 275 g/mol. The normalized spacial score (nSPS) is 17.9. The minimum Gasteiger partial charge on any atom is -0.444 e. The highest BCUT2D eigenvalue weighted by Crippen LogP contribution is 2.29. The van der Waals surface area contributed by atoms with Gasteiger partial charge >= 0.3 is 12.3 Å². The Morgan fingerprint density at radius 3 is 2.25 bits per heavy atom. The molecule has 3 N–H and O–H groups in total. The van der Waals surface area contributed by atoms with Gasteiger partial charge < -0.3 is 10.5 Å². The molecule has 0 radical (unpaired) electrons. The van der Waals surface area contributed by atoms with E-state index in [1.165, 1.54) is 0 Å². The Morgan fingerprint density at radius 2 is 1.90 bits per heavy atom. The second-order valence-electron chi connectivity index (χ2n) is 5.41. The van der Waals surface area contributed by atoms with E-state index in [-0.39, 0.29) is 6.04 Å². The SMILES string of the molecule is CC(C)(C)OC(=O)NC(=CN)C(=NC1CC1)C(F)(F)F. The van der Waals surface area contributed by atoms with Crippen molar-refractivity contribution in [1.29, 1.82) is 0 Å². The average molecular weight is 293 g/mol. The number of nitrogens with one attached hydrogen (secondary N) is 1. The summed E-state index contributed by atoms with van der Waals surface area (Å²) in [5, 5.41) is 1.99. The summed E-state index contributed by atoms with van der Waals surface area (Å²) in [4.78, 5) is 15.1. The Labute approximate surface area is 115 Å². The quantitative estimate of drug-likeness (QED) is 0.785. The van der Waals surface area contributed by atoms with E-state index < -0.39 is 29.3 Å². The van der Waals surface area contributed by atoms with Crippen molar-refractivity contribution in [1.82, 2.24) is 5.32 Å². The fraction of sp³-hybridized carbons (Fsp3) is 0.667. The highest BCUT2D eigenvalue weighted by atomic mass is 19.4. The van der Waals surface area contributed by atoms with Gasteiger partial charge in [0.25, 0.3) is 0 Å². The summed E-state index contributed by atoms with van der Waals surface area (Å²) in [6.07, 6.45) is -3.84. The Morgan fingerprint density at radius 1 is 1.35 bits per heavy atom. The molecule has 8 heteroatoms. The van der Waals surface area contributed by atoms with Gasteiger partial charge in [-0.3, -0.25) is 10.3 Å². The van der Waals surface area contributed by atoms with Crippen molar-refractivity contribution in [2.24, 2.45) is 10.7 Å². The van der Waals surface area contributed by atoms with Crippen LogP contribution in [-0.2, 0) is 4.74 Å². The maximum Gasteiger partial charge on any atom is 0.435 e. The molecule has 0 spiro atoms. The van der Waals surface area contributed by atoms with Gasteiger partial charge in [-0.1, -0.05) is 0 Å². The number of aliphatic imine (C=N–C) groups is 1. The van der Waals surface area contributed by atoms with Gasteiger partial charge in [-0.2, -0.15) is 13.2 Å². The molecule has 0 aromatic carbocycles. The van der Waals surface area contributed by atoms with Crippen LogP contribution in [0.4, 0.5) is 18.0 Å². The summed E-state index contributed by atoms with van der Waals surface area (Å²) in [6.45, 7) is 4.80. The second kappa shape index (κ2) is 5.72. The molecule has 0 unspecified atom stereocenters. The number of nitrogens with zero attached hydrogens (tertiary/aromatic N) is 1. The number of carbonyl (C=O) groups is 1. The Hall–Kier alpha value is -1.73. The van der Waals surface area contributed by atoms with E-state index >= 15 is 0 Å². The lowest BCUT2D eigenvalue weighted by Crippen LogP contribution is -2.38. The van der Waals surface area contributed by atoms with Crippen molar-refractivity contribution < 1.29 is 22.7 Å². The molecule has 1 amide bonds. The van der Waals surface area contributed by atoms with Crippen LogP contribution in [0, 0.1) is 0 Å². The van der Waals surface area contributed by atoms with Gasteiger partial charge in [0.15, 0.2) is 5.71 Å². The van der Waals surface area contributed by atoms with Crippen LogP contribution in [0.2, 0.25) is 0 Å². The van der Waals surface area contributed by atoms with Crippen LogP contribution in [0.25, 0.3) is 0 Å². The molecule has 0 aliphatic heterocycles. The zero-order valence-corrected chi connectivity index (χ0v) is 11.5. The Kier molecular flexibility index (Phi) is 4.67. The molecule has 0 aromatic rings. The Bertz CT molecular complexity index is 432. The fourth-order valence-corrected chi connectivity index (χ4v) is 1.28. The first kappa shape index (κ1) is 16.3. The standard InChI is InChI=1S/C12H18F3N3O2/c1-11(2,3)20-10(19)18-8(6-16)9(12(13,14)15)17-7-4-5-7/h6-7H,4-5,16H2,1-3H3,(H,18,19). The van der Waals surface area contributed by atoms with Crippen LogP contribution in [0.3, 0.4) is 0 Å². The molecule has 114 valence electrons. The number of rotatable bonds is 3. The van der Waals surface area contributed by atoms with Crippen LogP contribution in [-0.4, -0.2) is 29.6 Å². The molecule has 0 bridgehead atoms. The van der Waals surface area contributed by atoms with Gasteiger partial charge in [-0.05, 0) is 33.6 Å². The van der Waals surface area contributed by atoms with Gasteiger partial charge in [0, 0.05) is 6.20 Å². The highest BCUT2D eigenvalue weighted by Gasteiger charge is 2.40. The zero-order chi connectivity index (χ0) is 15.6. The minimum atomic E-state index is -4.69. The monoisotopic (exact) mass is 293 g/mol. The van der Waals surface area contributed by atoms with Crippen LogP contribution in [0.15, 0.2) is 16.9 Å². The Balaban J connectivity index is 2.85. The van der Waals surface area contributed by atoms with E-state index in [1.807, 2.05) is 5.32 Å². The van der Waals surface area contributed by atoms with E-state index in [9.17, 15) is 18.0 Å². The molecule has 0 aromatic heterocycles. The maximum atomic E-state index is 12.9. The molecule has 20 heavy (non-hydrogen) atoms. The van der Waals surface area contributed by atoms with Gasteiger partial charge in [-0.15, -0.1) is 0 Å². The van der Waals surface area contributed by atoms with Crippen molar-refractivity contribution in [3.8, 4) is 0 Å². The van der Waals surface area contributed by atoms with Crippen molar-refractivity contribution in [2.75, 3.05) is 0 Å². The number of nitrogens with two attached hydrogens (primary N) is 1. The summed E-state index contributed by atoms with van der Waals surface area (Å²) >= 11 is 0. The molecule has 0 saturated heterocycles. The first-order valence-electron chi connectivity index (χ1n) is 6.10. The van der Waals surface area contributed by atoms with Gasteiger partial charge in [-0.25, -0.2) is 4.79 Å². The van der Waals surface area contributed by atoms with Gasteiger partial charge in [0.1, 0.15) is 5.60 Å². The van der Waals surface area contributed by atoms with E-state index in [2.05, 4.69) is 4.99 Å². The molecular formula is C12H18F3N3O2. The molecule has 0 heterocycles. The van der Waals surface area contributed by atoms with Crippen molar-refractivity contribution in [2.45, 2.75) is 51.4 Å². The average Bonchev–Trinajstić information content (AvgIpc) is 3.02. The number of hydrogen-bond acceptors (Lipinski definition) is 4. The van der Waals surface area contributed by atoms with Gasteiger partial charge in [0.05, 0.1) is 11.7 Å². The lowest BCUT2D eigenvalue weighted by atomic mass is 10.2. The lowest BCUT2D eigenvalue weighted by molar-refractivity contribution is -0.0587. The predicted molar refractivity (Wildman–Crippen MR) is 68.2 cm³/mol. The number of halogens is 3. The van der Waals surface area contributed by atoms with Crippen LogP contribution in [0.5, 0.6) is 0 Å². The smallest absolute Gasteiger partial charge is 0.435 e. The fourth-order valence-electron chi connectivity index (χ4n) is 1.28. The number of alkyl carbamates (subject to hydrolysis) is 1. The molecule has 1 aliphatic carbocycles. The molecule has 0 atom stereocenters. The van der Waals surface area contributed by atoms with E-state index in [0.29, 0.717) is 19.0 Å². The molecule has 1 saturated carbocycles. The van der Waals surface area contributed by atoms with E-state index in [0.717, 1.165) is 0 Å². The van der Waals surface area contributed by atoms with E-state index in [4.69, 9.17) is 10.5 Å². The lowest BCUT2D eigenvalue weighted by Gasteiger charge is -2.21. The number of ether oxygens (including phenoxy) is 1. The van der Waals surface area contributed by atoms with Crippen LogP contribution in [0.1, 0.15) is 33.6 Å². The molecule has 1 fully saturated rings. The largest absolute Gasteiger partial charge is 0.444 e. The molecule has 5 nitrogen and oxygen atoms in total. The number of amides is 1. The van der Waals surface area contributed by atoms with Gasteiger partial charge in [0.2, 0.25) is 0 Å². The third-order valence-electron chi connectivity index (χ3n) is 2.18. The molecule has 1 aliphatic rings. The zero-order valence-electron chi connectivity index (χ0n) is 11.5. The van der Waals surface area contributed by atoms with Crippen LogP contribution < -0.4 is 11.1 Å². The maximum absolute atomic E-state index is 12.9. The summed E-state index contributed by atoms with van der Waals surface area (Å²) in [6, 6.07) is -0.359. The number of carbonyl (C=O) groups excluding carboxylic acids is 1. The third kappa shape index (κ3) is 5.50. The first-order valence-corrected chi connectivity index (χ1v) is 6.10. The summed E-state index contributed by atoms with van der Waals surface area (Å²) in [7, 11) is 0. The minimum absolute atomic E-state index is 0.359. The number of allylic oxidation sites excluding steroid dienone is 1. The third-order valence-corrected chi connectivity index (χ3v) is 2.18. The summed E-state index contributed by atoms with van der Waals surface area (Å²) in [5.74, 6) is 0. The van der Waals surface area contributed by atoms with Crippen molar-refractivity contribution in [3.63, 3.8) is 0 Å². The van der Waals surface area contributed by atoms with Crippen molar-refractivity contribution >= 4 is 11.8 Å². The van der Waals surface area contributed by atoms with Crippen molar-refractivity contribution in [3.05, 3.63) is 11.9 Å². The summed E-state index contributed by atoms with van der Waals surface area (Å²) < 4.78 is 43.6.